The Balaban J connectivity index is 1.47. The predicted octanol–water partition coefficient (Wildman–Crippen LogP) is 4.51. The van der Waals surface area contributed by atoms with E-state index in [4.69, 9.17) is 0 Å². The highest BCUT2D eigenvalue weighted by molar-refractivity contribution is 6.11. The van der Waals surface area contributed by atoms with Gasteiger partial charge in [-0.3, -0.25) is 19.4 Å². The zero-order valence-corrected chi connectivity index (χ0v) is 23.0. The van der Waals surface area contributed by atoms with Gasteiger partial charge in [0.2, 0.25) is 5.91 Å². The Hall–Kier alpha value is -3.05. The van der Waals surface area contributed by atoms with Crippen LogP contribution in [0, 0.1) is 17.7 Å². The Morgan fingerprint density at radius 3 is 2.45 bits per heavy atom. The van der Waals surface area contributed by atoms with Crippen LogP contribution in [-0.2, 0) is 9.59 Å². The van der Waals surface area contributed by atoms with Gasteiger partial charge in [0.05, 0.1) is 16.9 Å². The van der Waals surface area contributed by atoms with Crippen LogP contribution < -0.4 is 10.2 Å². The van der Waals surface area contributed by atoms with Gasteiger partial charge in [-0.05, 0) is 63.8 Å². The molecule has 3 heterocycles. The first-order valence-corrected chi connectivity index (χ1v) is 13.8. The van der Waals surface area contributed by atoms with Crippen molar-refractivity contribution in [1.82, 2.24) is 9.80 Å². The summed E-state index contributed by atoms with van der Waals surface area (Å²) in [4.78, 5) is 34.8. The van der Waals surface area contributed by atoms with E-state index in [1.807, 2.05) is 31.9 Å². The number of piperazine rings is 1. The van der Waals surface area contributed by atoms with E-state index in [0.29, 0.717) is 43.4 Å². The van der Waals surface area contributed by atoms with Gasteiger partial charge in [0.15, 0.2) is 0 Å². The lowest BCUT2D eigenvalue weighted by molar-refractivity contribution is -0.124. The van der Waals surface area contributed by atoms with Crippen molar-refractivity contribution in [3.05, 3.63) is 41.2 Å². The zero-order valence-electron chi connectivity index (χ0n) is 23.0. The lowest BCUT2D eigenvalue weighted by atomic mass is 9.94. The van der Waals surface area contributed by atoms with Crippen molar-refractivity contribution < 1.29 is 27.2 Å². The van der Waals surface area contributed by atoms with E-state index in [0.717, 1.165) is 30.8 Å². The van der Waals surface area contributed by atoms with Gasteiger partial charge in [-0.2, -0.15) is 13.2 Å². The van der Waals surface area contributed by atoms with Gasteiger partial charge in [0.1, 0.15) is 11.7 Å². The molecule has 2 fully saturated rings. The molecular weight excluding hydrogens is 526 g/mol. The van der Waals surface area contributed by atoms with Crippen LogP contribution in [0.4, 0.5) is 28.9 Å². The number of amides is 2. The molecule has 1 aliphatic carbocycles. The number of hydrogen-bond acceptors (Lipinski definition) is 5. The zero-order chi connectivity index (χ0) is 28.8. The number of carbonyl (C=O) groups excluding carboxylic acids is 2. The third kappa shape index (κ3) is 6.15. The maximum atomic E-state index is 15.7. The minimum atomic E-state index is -4.89. The standard InChI is InChI=1S/C29H35F4N5O2/c1-17-14-38(15-18(2)36(17)3)26-12-24(30)21(20-6-8-37(9-7-20)16-19-4-5-19)10-25(26)35-28(40)22-13-34-27(39)11-23(22)29(31,32)33/h6,10-13,17-19,22H,4-5,7-9,14-16H2,1-3H3,(H,35,40)/t17-,18+,22?. The first-order valence-electron chi connectivity index (χ1n) is 13.8. The van der Waals surface area contributed by atoms with Gasteiger partial charge >= 0.3 is 6.18 Å². The van der Waals surface area contributed by atoms with Crippen LogP contribution >= 0.6 is 0 Å². The third-order valence-corrected chi connectivity index (χ3v) is 8.47. The van der Waals surface area contributed by atoms with E-state index < -0.39 is 35.3 Å². The Morgan fingerprint density at radius 2 is 1.85 bits per heavy atom. The molecule has 0 bridgehead atoms. The first-order chi connectivity index (χ1) is 18.9. The molecule has 0 aromatic heterocycles. The summed E-state index contributed by atoms with van der Waals surface area (Å²) in [5.74, 6) is -3.54. The molecule has 0 spiro atoms. The minimum Gasteiger partial charge on any atom is -0.367 e. The largest absolute Gasteiger partial charge is 0.414 e. The molecule has 1 saturated heterocycles. The van der Waals surface area contributed by atoms with E-state index in [9.17, 15) is 22.8 Å². The molecule has 40 heavy (non-hydrogen) atoms. The maximum absolute atomic E-state index is 15.7. The van der Waals surface area contributed by atoms with E-state index in [2.05, 4.69) is 20.1 Å². The number of dihydropyridines is 1. The van der Waals surface area contributed by atoms with E-state index in [1.54, 1.807) is 6.07 Å². The van der Waals surface area contributed by atoms with Gasteiger partial charge < -0.3 is 10.2 Å². The van der Waals surface area contributed by atoms with Crippen molar-refractivity contribution in [3.63, 3.8) is 0 Å². The highest BCUT2D eigenvalue weighted by atomic mass is 19.4. The van der Waals surface area contributed by atoms with Gasteiger partial charge in [-0.25, -0.2) is 9.38 Å². The number of benzene rings is 1. The molecule has 216 valence electrons. The Labute approximate surface area is 231 Å². The number of halogens is 4. The fourth-order valence-electron chi connectivity index (χ4n) is 5.72. The smallest absolute Gasteiger partial charge is 0.367 e. The molecule has 3 aliphatic heterocycles. The third-order valence-electron chi connectivity index (χ3n) is 8.47. The van der Waals surface area contributed by atoms with Gasteiger partial charge in [0, 0.05) is 62.7 Å². The lowest BCUT2D eigenvalue weighted by Crippen LogP contribution is -2.55. The predicted molar refractivity (Wildman–Crippen MR) is 147 cm³/mol. The van der Waals surface area contributed by atoms with Crippen molar-refractivity contribution in [2.75, 3.05) is 50.0 Å². The Morgan fingerprint density at radius 1 is 1.15 bits per heavy atom. The summed E-state index contributed by atoms with van der Waals surface area (Å²) in [6.45, 7) is 7.72. The second kappa shape index (κ2) is 11.1. The molecule has 2 amide bonds. The average Bonchev–Trinajstić information content (AvgIpc) is 3.71. The van der Waals surface area contributed by atoms with Crippen LogP contribution in [0.1, 0.15) is 38.7 Å². The summed E-state index contributed by atoms with van der Waals surface area (Å²) in [6, 6.07) is 3.18. The number of alkyl halides is 3. The highest BCUT2D eigenvalue weighted by Gasteiger charge is 2.43. The van der Waals surface area contributed by atoms with Gasteiger partial charge in [-0.15, -0.1) is 0 Å². The van der Waals surface area contributed by atoms with Crippen molar-refractivity contribution >= 4 is 35.0 Å². The molecule has 5 rings (SSSR count). The number of nitrogens with zero attached hydrogens (tertiary/aromatic N) is 4. The van der Waals surface area contributed by atoms with E-state index in [1.165, 1.54) is 18.9 Å². The van der Waals surface area contributed by atoms with Crippen LogP contribution in [0.15, 0.2) is 34.9 Å². The van der Waals surface area contributed by atoms with Crippen LogP contribution in [0.25, 0.3) is 5.57 Å². The quantitative estimate of drug-likeness (QED) is 0.518. The number of likely N-dealkylation sites (N-methyl/N-ethyl adjacent to an activating group) is 1. The van der Waals surface area contributed by atoms with E-state index in [-0.39, 0.29) is 17.8 Å². The fraction of sp³-hybridized carbons (Fsp3) is 0.552. The monoisotopic (exact) mass is 561 g/mol. The first kappa shape index (κ1) is 28.5. The molecule has 1 aromatic rings. The van der Waals surface area contributed by atoms with Crippen LogP contribution in [0.5, 0.6) is 0 Å². The van der Waals surface area contributed by atoms with E-state index >= 15 is 4.39 Å². The molecule has 0 radical (unpaired) electrons. The molecule has 1 saturated carbocycles. The Bertz CT molecular complexity index is 1260. The summed E-state index contributed by atoms with van der Waals surface area (Å²) >= 11 is 0. The molecule has 3 atom stereocenters. The minimum absolute atomic E-state index is 0.129. The van der Waals surface area contributed by atoms with Gasteiger partial charge in [0.25, 0.3) is 5.91 Å². The number of aliphatic imine (C=N–C) groups is 1. The molecule has 4 aliphatic rings. The van der Waals surface area contributed by atoms with Crippen LogP contribution in [-0.4, -0.2) is 85.9 Å². The number of anilines is 2. The van der Waals surface area contributed by atoms with Crippen LogP contribution in [0.3, 0.4) is 0 Å². The van der Waals surface area contributed by atoms with Gasteiger partial charge in [-0.1, -0.05) is 6.08 Å². The molecule has 7 nitrogen and oxygen atoms in total. The topological polar surface area (TPSA) is 68.2 Å². The highest BCUT2D eigenvalue weighted by Crippen LogP contribution is 2.38. The number of nitrogens with one attached hydrogen (secondary N) is 1. The summed E-state index contributed by atoms with van der Waals surface area (Å²) in [5.41, 5.74) is 0.515. The fourth-order valence-corrected chi connectivity index (χ4v) is 5.72. The number of hydrogen-bond donors (Lipinski definition) is 1. The molecule has 11 heteroatoms. The normalized spacial score (nSPS) is 26.5. The summed E-state index contributed by atoms with van der Waals surface area (Å²) < 4.78 is 56.8. The van der Waals surface area contributed by atoms with Crippen molar-refractivity contribution in [1.29, 1.82) is 0 Å². The summed E-state index contributed by atoms with van der Waals surface area (Å²) in [5, 5.41) is 2.64. The number of carbonyl (C=O) groups is 2. The SMILES string of the molecule is C[C@@H]1CN(c2cc(F)c(C3=CCN(CC4CC4)CC3)cc2NC(=O)C2C=NC(=O)C=C2C(F)(F)F)C[C@H](C)N1C. The van der Waals surface area contributed by atoms with Crippen molar-refractivity contribution in [2.45, 2.75) is 51.4 Å². The maximum Gasteiger partial charge on any atom is 0.414 e. The van der Waals surface area contributed by atoms with Crippen LogP contribution in [0.2, 0.25) is 0 Å². The molecule has 1 N–H and O–H groups in total. The van der Waals surface area contributed by atoms with Crippen molar-refractivity contribution in [3.8, 4) is 0 Å². The summed E-state index contributed by atoms with van der Waals surface area (Å²) in [7, 11) is 2.01. The summed E-state index contributed by atoms with van der Waals surface area (Å²) in [6.07, 6.45) is 1.33. The molecule has 1 unspecified atom stereocenters. The second-order valence-electron chi connectivity index (χ2n) is 11.5. The molecule has 1 aromatic carbocycles. The second-order valence-corrected chi connectivity index (χ2v) is 11.5. The molecular formula is C29H35F4N5O2. The number of rotatable bonds is 6. The average molecular weight is 562 g/mol. The van der Waals surface area contributed by atoms with Crippen molar-refractivity contribution in [2.24, 2.45) is 16.8 Å². The Kier molecular flexibility index (Phi) is 7.89. The lowest BCUT2D eigenvalue weighted by Gasteiger charge is -2.44.